The molecule has 0 saturated heterocycles. The monoisotopic (exact) mass is 282 g/mol. The van der Waals surface area contributed by atoms with Crippen molar-refractivity contribution >= 4 is 39.6 Å². The highest BCUT2D eigenvalue weighted by Gasteiger charge is 2.17. The van der Waals surface area contributed by atoms with Gasteiger partial charge in [-0.2, -0.15) is 0 Å². The molecule has 1 aromatic carbocycles. The van der Waals surface area contributed by atoms with Crippen LogP contribution < -0.4 is 4.90 Å². The van der Waals surface area contributed by atoms with Crippen LogP contribution in [-0.4, -0.2) is 18.0 Å². The molecule has 4 heteroatoms. The number of benzene rings is 1. The zero-order valence-electron chi connectivity index (χ0n) is 8.30. The Bertz CT molecular complexity index is 389. The highest BCUT2D eigenvalue weighted by Crippen LogP contribution is 2.27. The van der Waals surface area contributed by atoms with Gasteiger partial charge in [-0.1, -0.05) is 18.2 Å². The van der Waals surface area contributed by atoms with E-state index < -0.39 is 0 Å². The molecule has 1 aromatic rings. The lowest BCUT2D eigenvalue weighted by molar-refractivity contribution is 0.907. The molecular formula is C11H11BrN2S. The van der Waals surface area contributed by atoms with Gasteiger partial charge in [0.25, 0.3) is 0 Å². The Morgan fingerprint density at radius 3 is 2.73 bits per heavy atom. The van der Waals surface area contributed by atoms with Crippen LogP contribution in [0, 0.1) is 0 Å². The second-order valence-corrected chi connectivity index (χ2v) is 4.91. The summed E-state index contributed by atoms with van der Waals surface area (Å²) in [6.07, 6.45) is 5.97. The first-order chi connectivity index (χ1) is 7.31. The van der Waals surface area contributed by atoms with Gasteiger partial charge < -0.3 is 4.90 Å². The summed E-state index contributed by atoms with van der Waals surface area (Å²) in [4.78, 5) is 6.58. The van der Waals surface area contributed by atoms with Gasteiger partial charge in [0.1, 0.15) is 0 Å². The quantitative estimate of drug-likeness (QED) is 0.826. The summed E-state index contributed by atoms with van der Waals surface area (Å²) in [5, 5.41) is 0. The fourth-order valence-corrected chi connectivity index (χ4v) is 2.34. The largest absolute Gasteiger partial charge is 0.316 e. The van der Waals surface area contributed by atoms with Gasteiger partial charge >= 0.3 is 0 Å². The van der Waals surface area contributed by atoms with Crippen LogP contribution in [0.4, 0.5) is 5.69 Å². The highest BCUT2D eigenvalue weighted by atomic mass is 79.9. The molecule has 0 spiro atoms. The van der Waals surface area contributed by atoms with Gasteiger partial charge in [0.2, 0.25) is 0 Å². The Morgan fingerprint density at radius 1 is 1.33 bits per heavy atom. The van der Waals surface area contributed by atoms with Crippen molar-refractivity contribution in [3.8, 4) is 0 Å². The van der Waals surface area contributed by atoms with Crippen LogP contribution in [0.1, 0.15) is 0 Å². The number of hydrogen-bond donors (Lipinski definition) is 0. The van der Waals surface area contributed by atoms with Gasteiger partial charge in [0.05, 0.1) is 4.48 Å². The second kappa shape index (κ2) is 4.86. The molecule has 0 saturated carbocycles. The summed E-state index contributed by atoms with van der Waals surface area (Å²) in [6.45, 7) is 0. The number of nitrogens with zero attached hydrogens (tertiary/aromatic N) is 2. The minimum absolute atomic E-state index is 0.133. The molecule has 0 amide bonds. The minimum atomic E-state index is 0.133. The average Bonchev–Trinajstić information content (AvgIpc) is 2.30. The van der Waals surface area contributed by atoms with Crippen LogP contribution in [0.25, 0.3) is 0 Å². The van der Waals surface area contributed by atoms with Crippen LogP contribution in [0.2, 0.25) is 0 Å². The van der Waals surface area contributed by atoms with E-state index in [1.165, 1.54) is 0 Å². The van der Waals surface area contributed by atoms with Gasteiger partial charge in [-0.05, 0) is 34.3 Å². The maximum atomic E-state index is 4.44. The fraction of sp³-hybridized carbons (Fsp3) is 0.182. The summed E-state index contributed by atoms with van der Waals surface area (Å²) < 4.78 is 0.997. The third-order valence-corrected chi connectivity index (χ3v) is 3.27. The fourth-order valence-electron chi connectivity index (χ4n) is 1.41. The zero-order valence-corrected chi connectivity index (χ0v) is 10.7. The number of halogens is 1. The molecule has 78 valence electrons. The predicted octanol–water partition coefficient (Wildman–Crippen LogP) is 3.46. The Morgan fingerprint density at radius 2 is 2.07 bits per heavy atom. The molecule has 0 aromatic heterocycles. The Hall–Kier alpha value is -0.740. The molecule has 1 unspecified atom stereocenters. The van der Waals surface area contributed by atoms with Gasteiger partial charge in [0, 0.05) is 18.1 Å². The predicted molar refractivity (Wildman–Crippen MR) is 71.7 cm³/mol. The second-order valence-electron chi connectivity index (χ2n) is 3.10. The lowest BCUT2D eigenvalue weighted by atomic mass is 10.3. The topological polar surface area (TPSA) is 15.6 Å². The number of para-hydroxylation sites is 1. The lowest BCUT2D eigenvalue weighted by Gasteiger charge is -2.28. The van der Waals surface area contributed by atoms with Crippen molar-refractivity contribution in [1.29, 1.82) is 0 Å². The maximum absolute atomic E-state index is 4.44. The number of anilines is 1. The van der Waals surface area contributed by atoms with E-state index in [9.17, 15) is 0 Å². The maximum Gasteiger partial charge on any atom is 0.172 e. The van der Waals surface area contributed by atoms with Crippen molar-refractivity contribution < 1.29 is 0 Å². The van der Waals surface area contributed by atoms with Crippen LogP contribution >= 0.6 is 27.7 Å². The zero-order chi connectivity index (χ0) is 10.7. The van der Waals surface area contributed by atoms with E-state index in [-0.39, 0.29) is 5.50 Å². The Balaban J connectivity index is 2.31. The molecule has 0 N–H and O–H groups in total. The summed E-state index contributed by atoms with van der Waals surface area (Å²) in [7, 11) is 0. The van der Waals surface area contributed by atoms with E-state index in [0.29, 0.717) is 0 Å². The van der Waals surface area contributed by atoms with E-state index in [1.807, 2.05) is 24.4 Å². The van der Waals surface area contributed by atoms with Gasteiger partial charge in [-0.25, -0.2) is 0 Å². The summed E-state index contributed by atoms with van der Waals surface area (Å²) in [6, 6.07) is 10.3. The van der Waals surface area contributed by atoms with E-state index in [4.69, 9.17) is 0 Å². The number of allylic oxidation sites excluding steroid dienone is 1. The first-order valence-corrected chi connectivity index (χ1v) is 6.66. The number of rotatable bonds is 2. The number of aliphatic imine (C=N–C) groups is 1. The van der Waals surface area contributed by atoms with Gasteiger partial charge in [-0.15, -0.1) is 11.8 Å². The molecule has 0 fully saturated rings. The van der Waals surface area contributed by atoms with E-state index in [2.05, 4.69) is 50.4 Å². The average molecular weight is 283 g/mol. The van der Waals surface area contributed by atoms with Crippen LogP contribution in [0.3, 0.4) is 0 Å². The van der Waals surface area contributed by atoms with Crippen molar-refractivity contribution in [3.05, 3.63) is 41.0 Å². The molecule has 1 atom stereocenters. The van der Waals surface area contributed by atoms with E-state index >= 15 is 0 Å². The third-order valence-electron chi connectivity index (χ3n) is 2.09. The SMILES string of the molecule is CSC1N=CC(Br)=CN1c1ccccc1. The van der Waals surface area contributed by atoms with E-state index in [0.717, 1.165) is 10.2 Å². The molecule has 0 radical (unpaired) electrons. The molecule has 1 aliphatic heterocycles. The third kappa shape index (κ3) is 2.44. The number of hydrogen-bond acceptors (Lipinski definition) is 3. The standard InChI is InChI=1S/C11H11BrN2S/c1-15-11-13-7-9(12)8-14(11)10-5-3-2-4-6-10/h2-8,11H,1H3. The molecule has 0 bridgehead atoms. The molecule has 2 rings (SSSR count). The molecule has 2 nitrogen and oxygen atoms in total. The molecule has 1 aliphatic rings. The van der Waals surface area contributed by atoms with Crippen molar-refractivity contribution in [2.75, 3.05) is 11.2 Å². The summed E-state index contributed by atoms with van der Waals surface area (Å²) >= 11 is 5.16. The van der Waals surface area contributed by atoms with Crippen molar-refractivity contribution in [2.24, 2.45) is 4.99 Å². The molecule has 0 aliphatic carbocycles. The van der Waals surface area contributed by atoms with Crippen molar-refractivity contribution in [2.45, 2.75) is 5.50 Å². The minimum Gasteiger partial charge on any atom is -0.316 e. The smallest absolute Gasteiger partial charge is 0.172 e. The Labute approximate surface area is 102 Å². The van der Waals surface area contributed by atoms with Gasteiger partial charge in [-0.3, -0.25) is 4.99 Å². The first-order valence-electron chi connectivity index (χ1n) is 4.58. The van der Waals surface area contributed by atoms with E-state index in [1.54, 1.807) is 11.8 Å². The van der Waals surface area contributed by atoms with Crippen LogP contribution in [0.15, 0.2) is 46.0 Å². The molecular weight excluding hydrogens is 272 g/mol. The van der Waals surface area contributed by atoms with Crippen LogP contribution in [0.5, 0.6) is 0 Å². The Kier molecular flexibility index (Phi) is 3.49. The van der Waals surface area contributed by atoms with Crippen molar-refractivity contribution in [3.63, 3.8) is 0 Å². The van der Waals surface area contributed by atoms with Crippen molar-refractivity contribution in [1.82, 2.24) is 0 Å². The highest BCUT2D eigenvalue weighted by molar-refractivity contribution is 9.12. The van der Waals surface area contributed by atoms with Gasteiger partial charge in [0.15, 0.2) is 5.50 Å². The normalized spacial score (nSPS) is 20.3. The lowest BCUT2D eigenvalue weighted by Crippen LogP contribution is -2.28. The molecule has 1 heterocycles. The number of thioether (sulfide) groups is 1. The summed E-state index contributed by atoms with van der Waals surface area (Å²) in [5.41, 5.74) is 1.29. The summed E-state index contributed by atoms with van der Waals surface area (Å²) in [5.74, 6) is 0. The van der Waals surface area contributed by atoms with Crippen LogP contribution in [-0.2, 0) is 0 Å². The molecule has 15 heavy (non-hydrogen) atoms. The first kappa shape index (κ1) is 10.8.